The summed E-state index contributed by atoms with van der Waals surface area (Å²) in [6.07, 6.45) is 3.14. The second kappa shape index (κ2) is 8.12. The van der Waals surface area contributed by atoms with E-state index in [0.717, 1.165) is 37.9 Å². The molecule has 7 heteroatoms. The van der Waals surface area contributed by atoms with Crippen molar-refractivity contribution in [2.45, 2.75) is 25.7 Å². The van der Waals surface area contributed by atoms with Gasteiger partial charge in [-0.05, 0) is 50.9 Å². The van der Waals surface area contributed by atoms with Crippen molar-refractivity contribution < 1.29 is 18.4 Å². The maximum atomic E-state index is 14.0. The fourth-order valence-corrected chi connectivity index (χ4v) is 3.85. The van der Waals surface area contributed by atoms with Crippen molar-refractivity contribution in [1.29, 1.82) is 0 Å². The van der Waals surface area contributed by atoms with Gasteiger partial charge in [-0.25, -0.2) is 8.78 Å². The second-order valence-corrected chi connectivity index (χ2v) is 7.16. The van der Waals surface area contributed by atoms with Crippen LogP contribution in [0, 0.1) is 23.5 Å². The van der Waals surface area contributed by atoms with Crippen LogP contribution in [0.15, 0.2) is 18.2 Å². The summed E-state index contributed by atoms with van der Waals surface area (Å²) in [7, 11) is 1.94. The molecule has 2 aliphatic heterocycles. The Kier molecular flexibility index (Phi) is 5.86. The zero-order chi connectivity index (χ0) is 18.7. The zero-order valence-electron chi connectivity index (χ0n) is 15.0. The van der Waals surface area contributed by atoms with Gasteiger partial charge in [-0.2, -0.15) is 0 Å². The average molecular weight is 365 g/mol. The molecule has 2 heterocycles. The fourth-order valence-electron chi connectivity index (χ4n) is 3.85. The van der Waals surface area contributed by atoms with E-state index in [1.165, 1.54) is 11.0 Å². The van der Waals surface area contributed by atoms with Crippen LogP contribution in [0.1, 0.15) is 25.7 Å². The van der Waals surface area contributed by atoms with Gasteiger partial charge in [0.25, 0.3) is 0 Å². The standard InChI is InChI=1S/C19H25F2N3O2/c1-22-7-4-13-5-8-23(9-6-13)19(26)14-10-18(25)24(12-14)17-3-2-15(20)11-16(17)21/h2-3,11,13-14,22H,4-10,12H2,1H3. The molecule has 26 heavy (non-hydrogen) atoms. The molecule has 0 spiro atoms. The second-order valence-electron chi connectivity index (χ2n) is 7.16. The van der Waals surface area contributed by atoms with Gasteiger partial charge in [0, 0.05) is 32.1 Å². The first kappa shape index (κ1) is 18.8. The number of piperidine rings is 1. The van der Waals surface area contributed by atoms with E-state index in [-0.39, 0.29) is 30.5 Å². The Morgan fingerprint density at radius 1 is 1.27 bits per heavy atom. The van der Waals surface area contributed by atoms with Crippen LogP contribution in [0.4, 0.5) is 14.5 Å². The van der Waals surface area contributed by atoms with Gasteiger partial charge >= 0.3 is 0 Å². The Bertz CT molecular complexity index is 675. The third-order valence-corrected chi connectivity index (χ3v) is 5.40. The maximum absolute atomic E-state index is 14.0. The summed E-state index contributed by atoms with van der Waals surface area (Å²) in [6, 6.07) is 3.13. The average Bonchev–Trinajstić information content (AvgIpc) is 3.01. The number of nitrogens with zero attached hydrogens (tertiary/aromatic N) is 2. The number of likely N-dealkylation sites (tertiary alicyclic amines) is 1. The number of nitrogens with one attached hydrogen (secondary N) is 1. The van der Waals surface area contributed by atoms with Crippen LogP contribution >= 0.6 is 0 Å². The predicted molar refractivity (Wildman–Crippen MR) is 94.7 cm³/mol. The largest absolute Gasteiger partial charge is 0.342 e. The number of carbonyl (C=O) groups excluding carboxylic acids is 2. The number of halogens is 2. The molecule has 2 saturated heterocycles. The Labute approximate surface area is 152 Å². The van der Waals surface area contributed by atoms with E-state index in [1.54, 1.807) is 0 Å². The van der Waals surface area contributed by atoms with Crippen molar-refractivity contribution in [3.8, 4) is 0 Å². The molecule has 1 atom stereocenters. The first-order chi connectivity index (χ1) is 12.5. The van der Waals surface area contributed by atoms with Gasteiger partial charge in [0.05, 0.1) is 11.6 Å². The maximum Gasteiger partial charge on any atom is 0.228 e. The van der Waals surface area contributed by atoms with Crippen molar-refractivity contribution >= 4 is 17.5 Å². The van der Waals surface area contributed by atoms with Crippen LogP contribution in [0.25, 0.3) is 0 Å². The molecule has 0 aliphatic carbocycles. The van der Waals surface area contributed by atoms with Gasteiger partial charge in [0.1, 0.15) is 11.6 Å². The third kappa shape index (κ3) is 4.03. The minimum Gasteiger partial charge on any atom is -0.342 e. The van der Waals surface area contributed by atoms with Crippen LogP contribution in [0.2, 0.25) is 0 Å². The molecule has 1 N–H and O–H groups in total. The van der Waals surface area contributed by atoms with Gasteiger partial charge < -0.3 is 15.1 Å². The third-order valence-electron chi connectivity index (χ3n) is 5.40. The van der Waals surface area contributed by atoms with Crippen LogP contribution < -0.4 is 10.2 Å². The molecule has 0 aromatic heterocycles. The predicted octanol–water partition coefficient (Wildman–Crippen LogP) is 2.17. The van der Waals surface area contributed by atoms with E-state index in [2.05, 4.69) is 5.32 Å². The van der Waals surface area contributed by atoms with Crippen molar-refractivity contribution in [2.75, 3.05) is 38.1 Å². The lowest BCUT2D eigenvalue weighted by Crippen LogP contribution is -2.42. The molecule has 5 nitrogen and oxygen atoms in total. The molecule has 142 valence electrons. The molecule has 1 aromatic carbocycles. The van der Waals surface area contributed by atoms with Gasteiger partial charge in [-0.3, -0.25) is 9.59 Å². The number of hydrogen-bond donors (Lipinski definition) is 1. The number of rotatable bonds is 5. The van der Waals surface area contributed by atoms with Gasteiger partial charge in [0.2, 0.25) is 11.8 Å². The number of benzene rings is 1. The first-order valence-corrected chi connectivity index (χ1v) is 9.18. The van der Waals surface area contributed by atoms with E-state index in [4.69, 9.17) is 0 Å². The van der Waals surface area contributed by atoms with Crippen LogP contribution in [0.3, 0.4) is 0 Å². The highest BCUT2D eigenvalue weighted by Crippen LogP contribution is 2.30. The van der Waals surface area contributed by atoms with Gasteiger partial charge in [-0.15, -0.1) is 0 Å². The summed E-state index contributed by atoms with van der Waals surface area (Å²) < 4.78 is 27.0. The lowest BCUT2D eigenvalue weighted by atomic mass is 9.92. The molecule has 0 bridgehead atoms. The monoisotopic (exact) mass is 365 g/mol. The number of anilines is 1. The lowest BCUT2D eigenvalue weighted by molar-refractivity contribution is -0.137. The quantitative estimate of drug-likeness (QED) is 0.870. The van der Waals surface area contributed by atoms with E-state index in [0.29, 0.717) is 19.0 Å². The van der Waals surface area contributed by atoms with Gasteiger partial charge in [0.15, 0.2) is 0 Å². The Balaban J connectivity index is 1.59. The Hall–Kier alpha value is -2.02. The van der Waals surface area contributed by atoms with E-state index >= 15 is 0 Å². The molecule has 1 aromatic rings. The van der Waals surface area contributed by atoms with Crippen molar-refractivity contribution in [2.24, 2.45) is 11.8 Å². The lowest BCUT2D eigenvalue weighted by Gasteiger charge is -2.33. The summed E-state index contributed by atoms with van der Waals surface area (Å²) in [5.41, 5.74) is 0.0393. The molecule has 3 rings (SSSR count). The first-order valence-electron chi connectivity index (χ1n) is 9.18. The summed E-state index contributed by atoms with van der Waals surface area (Å²) in [5, 5.41) is 3.15. The molecular weight excluding hydrogens is 340 g/mol. The summed E-state index contributed by atoms with van der Waals surface area (Å²) in [4.78, 5) is 28.1. The SMILES string of the molecule is CNCCC1CCN(C(=O)C2CC(=O)N(c3ccc(F)cc3F)C2)CC1. The number of hydrogen-bond acceptors (Lipinski definition) is 3. The molecular formula is C19H25F2N3O2. The molecule has 0 saturated carbocycles. The Morgan fingerprint density at radius 2 is 2.00 bits per heavy atom. The van der Waals surface area contributed by atoms with Gasteiger partial charge in [-0.1, -0.05) is 0 Å². The van der Waals surface area contributed by atoms with Crippen molar-refractivity contribution in [3.05, 3.63) is 29.8 Å². The minimum absolute atomic E-state index is 0.0320. The summed E-state index contributed by atoms with van der Waals surface area (Å²) in [6.45, 7) is 2.56. The molecule has 1 unspecified atom stereocenters. The highest BCUT2D eigenvalue weighted by Gasteiger charge is 2.38. The molecule has 2 fully saturated rings. The zero-order valence-corrected chi connectivity index (χ0v) is 15.0. The fraction of sp³-hybridized carbons (Fsp3) is 0.579. The number of amides is 2. The van der Waals surface area contributed by atoms with E-state index in [9.17, 15) is 18.4 Å². The normalized spacial score (nSPS) is 21.5. The van der Waals surface area contributed by atoms with Crippen LogP contribution in [-0.4, -0.2) is 49.9 Å². The summed E-state index contributed by atoms with van der Waals surface area (Å²) in [5.74, 6) is -1.63. The van der Waals surface area contributed by atoms with Crippen molar-refractivity contribution in [3.63, 3.8) is 0 Å². The van der Waals surface area contributed by atoms with Crippen LogP contribution in [0.5, 0.6) is 0 Å². The molecule has 2 aliphatic rings. The molecule has 2 amide bonds. The van der Waals surface area contributed by atoms with E-state index < -0.39 is 17.6 Å². The highest BCUT2D eigenvalue weighted by molar-refractivity contribution is 6.00. The summed E-state index contributed by atoms with van der Waals surface area (Å²) >= 11 is 0. The highest BCUT2D eigenvalue weighted by atomic mass is 19.1. The topological polar surface area (TPSA) is 52.7 Å². The number of carbonyl (C=O) groups is 2. The Morgan fingerprint density at radius 3 is 2.65 bits per heavy atom. The smallest absolute Gasteiger partial charge is 0.228 e. The minimum atomic E-state index is -0.781. The molecule has 0 radical (unpaired) electrons. The van der Waals surface area contributed by atoms with Crippen LogP contribution in [-0.2, 0) is 9.59 Å². The van der Waals surface area contributed by atoms with Crippen molar-refractivity contribution in [1.82, 2.24) is 10.2 Å². The van der Waals surface area contributed by atoms with E-state index in [1.807, 2.05) is 11.9 Å².